The summed E-state index contributed by atoms with van der Waals surface area (Å²) in [5, 5.41) is 16.6. The smallest absolute Gasteiger partial charge is 0.371 e. The molecular formula is C12H10N2O8. The van der Waals surface area contributed by atoms with Crippen LogP contribution in [0.4, 0.5) is 0 Å². The minimum Gasteiger partial charge on any atom is -0.475 e. The molecule has 2 rings (SSSR count). The molecular weight excluding hydrogens is 300 g/mol. The van der Waals surface area contributed by atoms with Crippen molar-refractivity contribution >= 4 is 23.8 Å². The first-order valence-electron chi connectivity index (χ1n) is 5.48. The molecule has 2 amide bonds. The molecule has 0 bridgehead atoms. The lowest BCUT2D eigenvalue weighted by Gasteiger charge is -1.86. The molecule has 22 heavy (non-hydrogen) atoms. The van der Waals surface area contributed by atoms with Crippen LogP contribution >= 0.6 is 0 Å². The third kappa shape index (κ3) is 4.23. The van der Waals surface area contributed by atoms with Gasteiger partial charge in [0.15, 0.2) is 11.5 Å². The van der Waals surface area contributed by atoms with Crippen LogP contribution in [0.3, 0.4) is 0 Å². The summed E-state index contributed by atoms with van der Waals surface area (Å²) in [4.78, 5) is 41.1. The van der Waals surface area contributed by atoms with Gasteiger partial charge in [0.2, 0.25) is 11.5 Å². The Bertz CT molecular complexity index is 608. The molecule has 0 radical (unpaired) electrons. The standard InChI is InChI=1S/C6H6N2O3.C6H4O5/c7-5(9)3-1-2-4(11-3)6(8)10;7-5(8)3-1-2-4(11-3)6(9)10/h1-2H,(H2,7,9)(H2,8,10);1-2H,(H,7,8)(H,9,10). The number of amides is 2. The number of rotatable bonds is 4. The van der Waals surface area contributed by atoms with E-state index in [1.165, 1.54) is 12.1 Å². The largest absolute Gasteiger partial charge is 0.475 e. The van der Waals surface area contributed by atoms with Gasteiger partial charge in [-0.3, -0.25) is 9.59 Å². The highest BCUT2D eigenvalue weighted by Gasteiger charge is 2.12. The fourth-order valence-corrected chi connectivity index (χ4v) is 1.17. The predicted octanol–water partition coefficient (Wildman–Crippen LogP) is 0.153. The van der Waals surface area contributed by atoms with Crippen LogP contribution in [-0.4, -0.2) is 34.0 Å². The van der Waals surface area contributed by atoms with E-state index in [4.69, 9.17) is 21.7 Å². The van der Waals surface area contributed by atoms with Crippen molar-refractivity contribution in [3.63, 3.8) is 0 Å². The average molecular weight is 310 g/mol. The minimum absolute atomic E-state index is 0.0706. The van der Waals surface area contributed by atoms with E-state index in [9.17, 15) is 19.2 Å². The van der Waals surface area contributed by atoms with Crippen LogP contribution in [0.5, 0.6) is 0 Å². The monoisotopic (exact) mass is 310 g/mol. The zero-order chi connectivity index (χ0) is 16.9. The lowest BCUT2D eigenvalue weighted by molar-refractivity contribution is 0.0631. The van der Waals surface area contributed by atoms with E-state index in [-0.39, 0.29) is 23.0 Å². The number of carbonyl (C=O) groups is 4. The van der Waals surface area contributed by atoms with Crippen LogP contribution in [-0.2, 0) is 0 Å². The van der Waals surface area contributed by atoms with Gasteiger partial charge in [-0.2, -0.15) is 0 Å². The summed E-state index contributed by atoms with van der Waals surface area (Å²) in [6.07, 6.45) is 0. The number of carbonyl (C=O) groups excluding carboxylic acids is 2. The number of nitrogens with two attached hydrogens (primary N) is 2. The van der Waals surface area contributed by atoms with Crippen LogP contribution < -0.4 is 11.5 Å². The average Bonchev–Trinajstić information content (AvgIpc) is 3.09. The molecule has 0 unspecified atom stereocenters. The fraction of sp³-hybridized carbons (Fsp3) is 0. The summed E-state index contributed by atoms with van der Waals surface area (Å²) in [5.74, 6) is -4.90. The van der Waals surface area contributed by atoms with Gasteiger partial charge in [-0.1, -0.05) is 0 Å². The maximum absolute atomic E-state index is 10.4. The number of primary amides is 2. The molecule has 0 saturated carbocycles. The Labute approximate surface area is 121 Å². The van der Waals surface area contributed by atoms with Crippen LogP contribution in [0, 0.1) is 0 Å². The topological polar surface area (TPSA) is 187 Å². The van der Waals surface area contributed by atoms with Crippen molar-refractivity contribution in [3.8, 4) is 0 Å². The van der Waals surface area contributed by atoms with E-state index in [1.807, 2.05) is 0 Å². The van der Waals surface area contributed by atoms with Crippen molar-refractivity contribution in [1.82, 2.24) is 0 Å². The maximum Gasteiger partial charge on any atom is 0.371 e. The summed E-state index contributed by atoms with van der Waals surface area (Å²) < 4.78 is 9.06. The van der Waals surface area contributed by atoms with Crippen molar-refractivity contribution in [2.45, 2.75) is 0 Å². The van der Waals surface area contributed by atoms with Crippen LogP contribution in [0.25, 0.3) is 0 Å². The molecule has 10 nitrogen and oxygen atoms in total. The van der Waals surface area contributed by atoms with Crippen molar-refractivity contribution < 1.29 is 38.2 Å². The van der Waals surface area contributed by atoms with Crippen molar-refractivity contribution in [2.24, 2.45) is 11.5 Å². The quantitative estimate of drug-likeness (QED) is 0.613. The van der Waals surface area contributed by atoms with Crippen molar-refractivity contribution in [1.29, 1.82) is 0 Å². The van der Waals surface area contributed by atoms with Gasteiger partial charge in [0.1, 0.15) is 0 Å². The van der Waals surface area contributed by atoms with E-state index in [0.29, 0.717) is 0 Å². The summed E-state index contributed by atoms with van der Waals surface area (Å²) in [7, 11) is 0. The van der Waals surface area contributed by atoms with E-state index in [1.54, 1.807) is 0 Å². The number of furan rings is 2. The molecule has 2 aromatic rings. The van der Waals surface area contributed by atoms with Gasteiger partial charge in [0, 0.05) is 0 Å². The van der Waals surface area contributed by atoms with Crippen LogP contribution in [0.2, 0.25) is 0 Å². The Morgan fingerprint density at radius 1 is 0.682 bits per heavy atom. The third-order valence-electron chi connectivity index (χ3n) is 2.12. The number of hydrogen-bond acceptors (Lipinski definition) is 6. The number of aromatic carboxylic acids is 2. The first-order chi connectivity index (χ1) is 10.2. The van der Waals surface area contributed by atoms with Gasteiger partial charge in [-0.15, -0.1) is 0 Å². The third-order valence-corrected chi connectivity index (χ3v) is 2.12. The van der Waals surface area contributed by atoms with Gasteiger partial charge >= 0.3 is 11.9 Å². The Balaban J connectivity index is 0.000000220. The summed E-state index contributed by atoms with van der Waals surface area (Å²) >= 11 is 0. The van der Waals surface area contributed by atoms with E-state index >= 15 is 0 Å². The fourth-order valence-electron chi connectivity index (χ4n) is 1.17. The Morgan fingerprint density at radius 2 is 0.955 bits per heavy atom. The van der Waals surface area contributed by atoms with Crippen LogP contribution in [0.15, 0.2) is 33.1 Å². The molecule has 6 N–H and O–H groups in total. The number of carboxylic acid groups (broad SMARTS) is 2. The molecule has 2 heterocycles. The van der Waals surface area contributed by atoms with Crippen molar-refractivity contribution in [3.05, 3.63) is 47.3 Å². The zero-order valence-corrected chi connectivity index (χ0v) is 10.8. The summed E-state index contributed by atoms with van der Waals surface area (Å²) in [6, 6.07) is 4.77. The maximum atomic E-state index is 10.4. The Kier molecular flexibility index (Phi) is 5.06. The lowest BCUT2D eigenvalue weighted by Crippen LogP contribution is -2.11. The van der Waals surface area contributed by atoms with E-state index < -0.39 is 23.8 Å². The van der Waals surface area contributed by atoms with E-state index in [0.717, 1.165) is 12.1 Å². The molecule has 0 aliphatic carbocycles. The highest BCUT2D eigenvalue weighted by molar-refractivity contribution is 5.94. The highest BCUT2D eigenvalue weighted by atomic mass is 16.4. The molecule has 0 aromatic carbocycles. The van der Waals surface area contributed by atoms with Gasteiger partial charge in [-0.25, -0.2) is 9.59 Å². The van der Waals surface area contributed by atoms with Gasteiger partial charge < -0.3 is 30.5 Å². The second-order valence-electron chi connectivity index (χ2n) is 3.67. The zero-order valence-electron chi connectivity index (χ0n) is 10.8. The minimum atomic E-state index is -1.28. The summed E-state index contributed by atoms with van der Waals surface area (Å²) in [5.41, 5.74) is 9.68. The van der Waals surface area contributed by atoms with Gasteiger partial charge in [0.25, 0.3) is 11.8 Å². The van der Waals surface area contributed by atoms with Crippen molar-refractivity contribution in [2.75, 3.05) is 0 Å². The first-order valence-corrected chi connectivity index (χ1v) is 5.48. The second kappa shape index (κ2) is 6.74. The summed E-state index contributed by atoms with van der Waals surface area (Å²) in [6.45, 7) is 0. The predicted molar refractivity (Wildman–Crippen MR) is 68.4 cm³/mol. The van der Waals surface area contributed by atoms with Gasteiger partial charge in [0.05, 0.1) is 0 Å². The number of carboxylic acids is 2. The molecule has 0 spiro atoms. The molecule has 116 valence electrons. The lowest BCUT2D eigenvalue weighted by atomic mass is 10.4. The molecule has 0 atom stereocenters. The number of hydrogen-bond donors (Lipinski definition) is 4. The highest BCUT2D eigenvalue weighted by Crippen LogP contribution is 2.07. The SMILES string of the molecule is NC(=O)c1ccc(C(N)=O)o1.O=C(O)c1ccc(C(=O)O)o1. The molecule has 2 aromatic heterocycles. The normalized spacial score (nSPS) is 9.45. The molecule has 0 fully saturated rings. The second-order valence-corrected chi connectivity index (χ2v) is 3.67. The molecule has 0 aliphatic rings. The Morgan fingerprint density at radius 3 is 1.14 bits per heavy atom. The molecule has 0 saturated heterocycles. The first kappa shape index (κ1) is 16.5. The molecule has 0 aliphatic heterocycles. The Hall–Kier alpha value is -3.56. The van der Waals surface area contributed by atoms with Gasteiger partial charge in [-0.05, 0) is 24.3 Å². The van der Waals surface area contributed by atoms with Crippen LogP contribution in [0.1, 0.15) is 42.2 Å². The van der Waals surface area contributed by atoms with E-state index in [2.05, 4.69) is 8.83 Å². The molecule has 10 heteroatoms.